The summed E-state index contributed by atoms with van der Waals surface area (Å²) in [4.78, 5) is 4.37. The summed E-state index contributed by atoms with van der Waals surface area (Å²) in [5.41, 5.74) is 2.11. The van der Waals surface area contributed by atoms with Gasteiger partial charge in [-0.05, 0) is 60.0 Å². The minimum atomic E-state index is -3.68. The van der Waals surface area contributed by atoms with Crippen molar-refractivity contribution in [2.24, 2.45) is 0 Å². The number of hydrogen-bond acceptors (Lipinski definition) is 4. The third-order valence-corrected chi connectivity index (χ3v) is 5.39. The number of sulfonamides is 1. The van der Waals surface area contributed by atoms with Crippen molar-refractivity contribution in [2.75, 3.05) is 10.0 Å². The Morgan fingerprint density at radius 3 is 2.07 bits per heavy atom. The predicted octanol–water partition coefficient (Wildman–Crippen LogP) is 4.89. The fraction of sp³-hybridized carbons (Fsp3) is 0.150. The van der Waals surface area contributed by atoms with E-state index >= 15 is 0 Å². The fourth-order valence-corrected chi connectivity index (χ4v) is 3.50. The summed E-state index contributed by atoms with van der Waals surface area (Å²) in [6, 6.07) is 15.9. The van der Waals surface area contributed by atoms with E-state index in [1.54, 1.807) is 36.4 Å². The molecule has 0 atom stereocenters. The maximum atomic E-state index is 12.9. The Morgan fingerprint density at radius 2 is 1.52 bits per heavy atom. The molecule has 3 aromatic rings. The van der Waals surface area contributed by atoms with Crippen LogP contribution in [0, 0.1) is 5.82 Å². The average Bonchev–Trinajstić information content (AvgIpc) is 2.65. The molecule has 0 amide bonds. The molecule has 0 aliphatic rings. The largest absolute Gasteiger partial charge is 0.340 e. The van der Waals surface area contributed by atoms with Crippen LogP contribution < -0.4 is 10.0 Å². The fourth-order valence-electron chi connectivity index (χ4n) is 2.46. The molecular weight excluding hydrogens is 365 g/mol. The molecule has 0 saturated carbocycles. The number of aromatic nitrogens is 1. The van der Waals surface area contributed by atoms with E-state index in [9.17, 15) is 12.8 Å². The van der Waals surface area contributed by atoms with E-state index in [2.05, 4.69) is 28.9 Å². The first-order valence-electron chi connectivity index (χ1n) is 8.45. The maximum absolute atomic E-state index is 12.9. The second kappa shape index (κ2) is 7.75. The number of benzene rings is 2. The van der Waals surface area contributed by atoms with Crippen molar-refractivity contribution >= 4 is 27.2 Å². The monoisotopic (exact) mass is 385 g/mol. The van der Waals surface area contributed by atoms with Gasteiger partial charge in [-0.1, -0.05) is 26.0 Å². The normalized spacial score (nSPS) is 11.4. The van der Waals surface area contributed by atoms with Crippen LogP contribution in [0.1, 0.15) is 25.3 Å². The number of anilines is 3. The molecule has 0 bridgehead atoms. The lowest BCUT2D eigenvalue weighted by Crippen LogP contribution is -2.13. The lowest BCUT2D eigenvalue weighted by molar-refractivity contribution is 0.601. The molecule has 0 spiro atoms. The van der Waals surface area contributed by atoms with Crippen molar-refractivity contribution in [1.29, 1.82) is 0 Å². The Kier molecular flexibility index (Phi) is 5.41. The van der Waals surface area contributed by atoms with E-state index in [4.69, 9.17) is 0 Å². The molecule has 7 heteroatoms. The van der Waals surface area contributed by atoms with Crippen LogP contribution in [0.4, 0.5) is 21.6 Å². The number of nitrogens with zero attached hydrogens (tertiary/aromatic N) is 1. The van der Waals surface area contributed by atoms with Gasteiger partial charge in [-0.3, -0.25) is 4.72 Å². The number of pyridine rings is 1. The van der Waals surface area contributed by atoms with Gasteiger partial charge in [0.1, 0.15) is 11.6 Å². The van der Waals surface area contributed by atoms with E-state index in [1.807, 2.05) is 12.1 Å². The van der Waals surface area contributed by atoms with Crippen LogP contribution in [0.3, 0.4) is 0 Å². The van der Waals surface area contributed by atoms with Crippen LogP contribution in [0.2, 0.25) is 0 Å². The molecule has 0 saturated heterocycles. The first-order valence-corrected chi connectivity index (χ1v) is 9.93. The highest BCUT2D eigenvalue weighted by Crippen LogP contribution is 2.21. The molecule has 5 nitrogen and oxygen atoms in total. The molecule has 140 valence electrons. The minimum absolute atomic E-state index is 0.195. The summed E-state index contributed by atoms with van der Waals surface area (Å²) >= 11 is 0. The SMILES string of the molecule is CC(C)c1ccc(S(=O)(=O)Nc2ccc(Nc3ccc(F)cc3)nc2)cc1. The summed E-state index contributed by atoms with van der Waals surface area (Å²) < 4.78 is 40.4. The lowest BCUT2D eigenvalue weighted by Gasteiger charge is -2.11. The average molecular weight is 385 g/mol. The molecule has 0 aliphatic carbocycles. The topological polar surface area (TPSA) is 71.1 Å². The Bertz CT molecular complexity index is 1000. The van der Waals surface area contributed by atoms with Crippen molar-refractivity contribution in [3.8, 4) is 0 Å². The van der Waals surface area contributed by atoms with Crippen LogP contribution >= 0.6 is 0 Å². The Balaban J connectivity index is 1.70. The van der Waals surface area contributed by atoms with Gasteiger partial charge in [0.25, 0.3) is 10.0 Å². The zero-order valence-corrected chi connectivity index (χ0v) is 15.8. The predicted molar refractivity (Wildman–Crippen MR) is 105 cm³/mol. The molecule has 0 fully saturated rings. The first kappa shape index (κ1) is 18.8. The smallest absolute Gasteiger partial charge is 0.261 e. The second-order valence-electron chi connectivity index (χ2n) is 6.39. The second-order valence-corrected chi connectivity index (χ2v) is 8.08. The van der Waals surface area contributed by atoms with E-state index < -0.39 is 10.0 Å². The van der Waals surface area contributed by atoms with Gasteiger partial charge in [0.05, 0.1) is 16.8 Å². The van der Waals surface area contributed by atoms with Gasteiger partial charge in [0.2, 0.25) is 0 Å². The summed E-state index contributed by atoms with van der Waals surface area (Å²) in [6.45, 7) is 4.10. The Hall–Kier alpha value is -2.93. The molecule has 0 aliphatic heterocycles. The van der Waals surface area contributed by atoms with Crippen molar-refractivity contribution in [3.63, 3.8) is 0 Å². The molecule has 0 unspecified atom stereocenters. The van der Waals surface area contributed by atoms with E-state index in [1.165, 1.54) is 18.3 Å². The van der Waals surface area contributed by atoms with Gasteiger partial charge in [-0.15, -0.1) is 0 Å². The van der Waals surface area contributed by atoms with Crippen LogP contribution in [0.5, 0.6) is 0 Å². The van der Waals surface area contributed by atoms with Gasteiger partial charge in [-0.25, -0.2) is 17.8 Å². The summed E-state index contributed by atoms with van der Waals surface area (Å²) in [5.74, 6) is 0.533. The lowest BCUT2D eigenvalue weighted by atomic mass is 10.0. The van der Waals surface area contributed by atoms with E-state index in [-0.39, 0.29) is 10.7 Å². The van der Waals surface area contributed by atoms with Gasteiger partial charge in [0, 0.05) is 5.69 Å². The number of nitrogens with one attached hydrogen (secondary N) is 2. The van der Waals surface area contributed by atoms with Gasteiger partial charge >= 0.3 is 0 Å². The third-order valence-electron chi connectivity index (χ3n) is 3.99. The van der Waals surface area contributed by atoms with Gasteiger partial charge < -0.3 is 5.32 Å². The van der Waals surface area contributed by atoms with Crippen LogP contribution in [0.25, 0.3) is 0 Å². The molecule has 3 rings (SSSR count). The van der Waals surface area contributed by atoms with E-state index in [0.29, 0.717) is 23.1 Å². The zero-order chi connectivity index (χ0) is 19.4. The van der Waals surface area contributed by atoms with Crippen molar-refractivity contribution in [3.05, 3.63) is 78.2 Å². The number of rotatable bonds is 6. The molecule has 0 radical (unpaired) electrons. The summed E-state index contributed by atoms with van der Waals surface area (Å²) in [5, 5.41) is 3.01. The van der Waals surface area contributed by atoms with E-state index in [0.717, 1.165) is 5.56 Å². The highest BCUT2D eigenvalue weighted by Gasteiger charge is 2.14. The molecule has 1 aromatic heterocycles. The zero-order valence-electron chi connectivity index (χ0n) is 15.0. The van der Waals surface area contributed by atoms with Crippen molar-refractivity contribution in [1.82, 2.24) is 4.98 Å². The molecular formula is C20H20FN3O2S. The molecule has 27 heavy (non-hydrogen) atoms. The third kappa shape index (κ3) is 4.83. The minimum Gasteiger partial charge on any atom is -0.340 e. The Morgan fingerprint density at radius 1 is 0.889 bits per heavy atom. The van der Waals surface area contributed by atoms with Crippen LogP contribution in [-0.2, 0) is 10.0 Å². The van der Waals surface area contributed by atoms with Gasteiger partial charge in [0.15, 0.2) is 0 Å². The number of halogens is 1. The standard InChI is InChI=1S/C20H20FN3O2S/c1-14(2)15-3-10-19(11-4-15)27(25,26)24-18-9-12-20(22-13-18)23-17-7-5-16(21)6-8-17/h3-14,24H,1-2H3,(H,22,23). The van der Waals surface area contributed by atoms with Crippen LogP contribution in [0.15, 0.2) is 71.8 Å². The summed E-state index contributed by atoms with van der Waals surface area (Å²) in [6.07, 6.45) is 1.42. The maximum Gasteiger partial charge on any atom is 0.261 e. The van der Waals surface area contributed by atoms with Crippen LogP contribution in [-0.4, -0.2) is 13.4 Å². The molecule has 2 aromatic carbocycles. The highest BCUT2D eigenvalue weighted by atomic mass is 32.2. The summed E-state index contributed by atoms with van der Waals surface area (Å²) in [7, 11) is -3.68. The first-order chi connectivity index (χ1) is 12.8. The van der Waals surface area contributed by atoms with Crippen molar-refractivity contribution < 1.29 is 12.8 Å². The highest BCUT2D eigenvalue weighted by molar-refractivity contribution is 7.92. The van der Waals surface area contributed by atoms with Gasteiger partial charge in [-0.2, -0.15) is 0 Å². The molecule has 2 N–H and O–H groups in total. The number of hydrogen-bond donors (Lipinski definition) is 2. The quantitative estimate of drug-likeness (QED) is 0.634. The van der Waals surface area contributed by atoms with Crippen molar-refractivity contribution in [2.45, 2.75) is 24.7 Å². The Labute approximate surface area is 158 Å². The molecule has 1 heterocycles.